The molecular formula is C24H30ClF3N4O5S. The Kier molecular flexibility index (Phi) is 8.70. The number of hydrogen-bond acceptors (Lipinski definition) is 8. The highest BCUT2D eigenvalue weighted by atomic mass is 35.5. The second-order valence-electron chi connectivity index (χ2n) is 10.00. The number of alkyl halides is 3. The molecule has 1 aromatic carbocycles. The van der Waals surface area contributed by atoms with Gasteiger partial charge >= 0.3 is 18.2 Å². The molecule has 2 heterocycles. The number of halogens is 4. The maximum absolute atomic E-state index is 12.6. The van der Waals surface area contributed by atoms with Crippen molar-refractivity contribution in [2.75, 3.05) is 25.2 Å². The standard InChI is InChI=1S/C24H30ClF3N4O5S/c1-31-23(37-22(33)24(26,27)28)29-21(30-31)16-5-9-18(10-6-16)32-12-20(14-38(2,34)35)36-13-19(32)11-15-3-7-17(25)8-4-15/h3-4,7-8,16,18-20H,5-6,9-14H2,1-2H3/t16?,18?,19-,20+/m0/s1. The zero-order valence-electron chi connectivity index (χ0n) is 21.0. The monoisotopic (exact) mass is 578 g/mol. The van der Waals surface area contributed by atoms with Gasteiger partial charge in [0.25, 0.3) is 0 Å². The molecule has 1 saturated carbocycles. The predicted molar refractivity (Wildman–Crippen MR) is 133 cm³/mol. The Hall–Kier alpha value is -2.22. The third kappa shape index (κ3) is 7.45. The fourth-order valence-corrected chi connectivity index (χ4v) is 6.19. The molecule has 1 aliphatic carbocycles. The van der Waals surface area contributed by atoms with Gasteiger partial charge in [-0.2, -0.15) is 23.3 Å². The van der Waals surface area contributed by atoms with Gasteiger partial charge in [0.1, 0.15) is 9.84 Å². The average Bonchev–Trinajstić information content (AvgIpc) is 3.20. The summed E-state index contributed by atoms with van der Waals surface area (Å²) in [6.45, 7) is 0.887. The number of ether oxygens (including phenoxy) is 2. The minimum Gasteiger partial charge on any atom is -0.384 e. The summed E-state index contributed by atoms with van der Waals surface area (Å²) in [5, 5.41) is 4.84. The Bertz CT molecular complexity index is 1230. The molecule has 1 aromatic heterocycles. The number of carbonyl (C=O) groups is 1. The fourth-order valence-electron chi connectivity index (χ4n) is 5.19. The number of carbonyl (C=O) groups excluding carboxylic acids is 1. The number of hydrogen-bond donors (Lipinski definition) is 0. The largest absolute Gasteiger partial charge is 0.491 e. The number of rotatable bonds is 7. The highest BCUT2D eigenvalue weighted by molar-refractivity contribution is 7.90. The van der Waals surface area contributed by atoms with Gasteiger partial charge in [0, 0.05) is 42.9 Å². The van der Waals surface area contributed by atoms with Crippen molar-refractivity contribution in [1.82, 2.24) is 19.7 Å². The summed E-state index contributed by atoms with van der Waals surface area (Å²) in [5.74, 6) is -2.15. The van der Waals surface area contributed by atoms with Crippen molar-refractivity contribution in [3.8, 4) is 6.01 Å². The van der Waals surface area contributed by atoms with E-state index in [-0.39, 0.29) is 23.8 Å². The molecule has 14 heteroatoms. The fraction of sp³-hybridized carbons (Fsp3) is 0.625. The molecule has 9 nitrogen and oxygen atoms in total. The van der Waals surface area contributed by atoms with Gasteiger partial charge < -0.3 is 9.47 Å². The first kappa shape index (κ1) is 28.8. The quantitative estimate of drug-likeness (QED) is 0.461. The number of nitrogens with zero attached hydrogens (tertiary/aromatic N) is 4. The number of morpholine rings is 1. The summed E-state index contributed by atoms with van der Waals surface area (Å²) in [6.07, 6.45) is -0.726. The highest BCUT2D eigenvalue weighted by Crippen LogP contribution is 2.36. The van der Waals surface area contributed by atoms with E-state index in [0.717, 1.165) is 29.5 Å². The Morgan fingerprint density at radius 3 is 2.45 bits per heavy atom. The summed E-state index contributed by atoms with van der Waals surface area (Å²) in [4.78, 5) is 17.6. The maximum Gasteiger partial charge on any atom is 0.491 e. The van der Waals surface area contributed by atoms with Crippen LogP contribution in [-0.2, 0) is 32.8 Å². The minimum absolute atomic E-state index is 0.0508. The molecule has 4 rings (SSSR count). The summed E-state index contributed by atoms with van der Waals surface area (Å²) in [5.41, 5.74) is 1.10. The molecule has 0 bridgehead atoms. The Morgan fingerprint density at radius 2 is 1.84 bits per heavy atom. The summed E-state index contributed by atoms with van der Waals surface area (Å²) in [6, 6.07) is 7.33. The lowest BCUT2D eigenvalue weighted by Crippen LogP contribution is -2.56. The topological polar surface area (TPSA) is 104 Å². The number of sulfone groups is 1. The van der Waals surface area contributed by atoms with Crippen LogP contribution in [0, 0.1) is 0 Å². The lowest BCUT2D eigenvalue weighted by atomic mass is 9.83. The molecular weight excluding hydrogens is 549 g/mol. The Balaban J connectivity index is 1.43. The van der Waals surface area contributed by atoms with Crippen LogP contribution in [0.5, 0.6) is 6.01 Å². The molecule has 0 N–H and O–H groups in total. The van der Waals surface area contributed by atoms with Crippen molar-refractivity contribution >= 4 is 27.4 Å². The van der Waals surface area contributed by atoms with Gasteiger partial charge in [-0.25, -0.2) is 17.9 Å². The molecule has 2 fully saturated rings. The third-order valence-corrected chi connectivity index (χ3v) is 8.20. The first-order valence-corrected chi connectivity index (χ1v) is 14.7. The van der Waals surface area contributed by atoms with E-state index < -0.39 is 34.1 Å². The summed E-state index contributed by atoms with van der Waals surface area (Å²) >= 11 is 6.03. The van der Waals surface area contributed by atoms with Gasteiger partial charge in [0.05, 0.1) is 18.5 Å². The predicted octanol–water partition coefficient (Wildman–Crippen LogP) is 3.32. The van der Waals surface area contributed by atoms with Crippen molar-refractivity contribution in [3.05, 3.63) is 40.7 Å². The summed E-state index contributed by atoms with van der Waals surface area (Å²) in [7, 11) is -1.84. The lowest BCUT2D eigenvalue weighted by Gasteiger charge is -2.46. The number of aromatic nitrogens is 3. The third-order valence-electron chi connectivity index (χ3n) is 6.97. The minimum atomic E-state index is -5.13. The van der Waals surface area contributed by atoms with E-state index in [2.05, 4.69) is 19.7 Å². The number of aryl methyl sites for hydroxylation is 1. The first-order valence-electron chi connectivity index (χ1n) is 12.3. The van der Waals surface area contributed by atoms with Crippen LogP contribution >= 0.6 is 11.6 Å². The first-order chi connectivity index (χ1) is 17.8. The highest BCUT2D eigenvalue weighted by Gasteiger charge is 2.43. The van der Waals surface area contributed by atoms with E-state index in [1.807, 2.05) is 24.3 Å². The number of benzene rings is 1. The molecule has 0 radical (unpaired) electrons. The molecule has 1 aliphatic heterocycles. The molecule has 0 spiro atoms. The van der Waals surface area contributed by atoms with Crippen LogP contribution in [0.1, 0.15) is 43.0 Å². The Labute approximate surface area is 224 Å². The van der Waals surface area contributed by atoms with Crippen LogP contribution in [-0.4, -0.2) is 83.6 Å². The van der Waals surface area contributed by atoms with Crippen LogP contribution in [0.25, 0.3) is 0 Å². The van der Waals surface area contributed by atoms with Crippen LogP contribution in [0.2, 0.25) is 5.02 Å². The van der Waals surface area contributed by atoms with Crippen molar-refractivity contribution in [2.24, 2.45) is 7.05 Å². The second-order valence-corrected chi connectivity index (χ2v) is 12.6. The van der Waals surface area contributed by atoms with Gasteiger partial charge in [0.2, 0.25) is 0 Å². The maximum atomic E-state index is 12.6. The average molecular weight is 579 g/mol. The molecule has 0 unspecified atom stereocenters. The van der Waals surface area contributed by atoms with Gasteiger partial charge in [0.15, 0.2) is 5.82 Å². The molecule has 1 saturated heterocycles. The SMILES string of the molecule is Cn1nc(C2CCC(N3C[C@H](CS(C)(=O)=O)OC[C@@H]3Cc3ccc(Cl)cc3)CC2)nc1OC(=O)C(F)(F)F. The lowest BCUT2D eigenvalue weighted by molar-refractivity contribution is -0.190. The zero-order valence-corrected chi connectivity index (χ0v) is 22.6. The van der Waals surface area contributed by atoms with E-state index in [1.54, 1.807) is 0 Å². The molecule has 2 aliphatic rings. The van der Waals surface area contributed by atoms with Crippen molar-refractivity contribution in [2.45, 2.75) is 62.4 Å². The van der Waals surface area contributed by atoms with E-state index in [4.69, 9.17) is 16.3 Å². The Morgan fingerprint density at radius 1 is 1.18 bits per heavy atom. The van der Waals surface area contributed by atoms with Gasteiger partial charge in [-0.1, -0.05) is 23.7 Å². The van der Waals surface area contributed by atoms with Crippen molar-refractivity contribution in [3.63, 3.8) is 0 Å². The molecule has 210 valence electrons. The van der Waals surface area contributed by atoms with Crippen molar-refractivity contribution in [1.29, 1.82) is 0 Å². The van der Waals surface area contributed by atoms with Crippen LogP contribution in [0.15, 0.2) is 24.3 Å². The molecule has 0 amide bonds. The normalized spacial score (nSPS) is 25.3. The summed E-state index contributed by atoms with van der Waals surface area (Å²) < 4.78 is 72.9. The van der Waals surface area contributed by atoms with Crippen LogP contribution < -0.4 is 4.74 Å². The molecule has 2 atom stereocenters. The van der Waals surface area contributed by atoms with E-state index in [1.165, 1.54) is 13.3 Å². The molecule has 38 heavy (non-hydrogen) atoms. The van der Waals surface area contributed by atoms with E-state index >= 15 is 0 Å². The zero-order chi connectivity index (χ0) is 27.7. The van der Waals surface area contributed by atoms with Gasteiger partial charge in [-0.05, 0) is 49.8 Å². The van der Waals surface area contributed by atoms with E-state index in [9.17, 15) is 26.4 Å². The van der Waals surface area contributed by atoms with Gasteiger partial charge in [-0.15, -0.1) is 0 Å². The van der Waals surface area contributed by atoms with E-state index in [0.29, 0.717) is 36.8 Å². The van der Waals surface area contributed by atoms with Crippen LogP contribution in [0.4, 0.5) is 13.2 Å². The van der Waals surface area contributed by atoms with Crippen LogP contribution in [0.3, 0.4) is 0 Å². The van der Waals surface area contributed by atoms with Gasteiger partial charge in [-0.3, -0.25) is 4.90 Å². The second kappa shape index (κ2) is 11.5. The van der Waals surface area contributed by atoms with Crippen molar-refractivity contribution < 1.29 is 35.9 Å². The molecule has 2 aromatic rings. The smallest absolute Gasteiger partial charge is 0.384 e. The number of esters is 1.